The third kappa shape index (κ3) is 13.6. The second-order valence-electron chi connectivity index (χ2n) is 5.71. The number of hydrogen-bond donors (Lipinski definition) is 0. The minimum Gasteiger partial charge on any atom is -0.466 e. The van der Waals surface area contributed by atoms with Crippen molar-refractivity contribution in [2.24, 2.45) is 5.92 Å². The Kier molecular flexibility index (Phi) is 12.5. The first-order chi connectivity index (χ1) is 10.5. The summed E-state index contributed by atoms with van der Waals surface area (Å²) >= 11 is 0. The fourth-order valence-electron chi connectivity index (χ4n) is 1.66. The summed E-state index contributed by atoms with van der Waals surface area (Å²) in [6, 6.07) is 0. The van der Waals surface area contributed by atoms with Crippen molar-refractivity contribution in [2.75, 3.05) is 26.9 Å². The van der Waals surface area contributed by atoms with Crippen LogP contribution in [0.4, 0.5) is 0 Å². The standard InChI is InChI=1S/C17H30O5/c1-14(2)8-12-21-16(18)6-5-7-17(19)22-13-10-15(3)9-11-20-4/h8,15H,5-7,9-13H2,1-4H3. The lowest BCUT2D eigenvalue weighted by Gasteiger charge is -2.10. The predicted octanol–water partition coefficient (Wildman–Crippen LogP) is 3.27. The zero-order valence-corrected chi connectivity index (χ0v) is 14.4. The van der Waals surface area contributed by atoms with Crippen LogP contribution in [0.15, 0.2) is 11.6 Å². The molecule has 5 nitrogen and oxygen atoms in total. The normalized spacial score (nSPS) is 11.6. The van der Waals surface area contributed by atoms with E-state index in [4.69, 9.17) is 14.2 Å². The zero-order valence-electron chi connectivity index (χ0n) is 14.4. The quantitative estimate of drug-likeness (QED) is 0.409. The van der Waals surface area contributed by atoms with E-state index in [2.05, 4.69) is 6.92 Å². The van der Waals surface area contributed by atoms with Gasteiger partial charge in [0.05, 0.1) is 6.61 Å². The summed E-state index contributed by atoms with van der Waals surface area (Å²) in [6.07, 6.45) is 4.61. The van der Waals surface area contributed by atoms with Gasteiger partial charge in [-0.3, -0.25) is 9.59 Å². The average Bonchev–Trinajstić information content (AvgIpc) is 2.44. The Morgan fingerprint density at radius 2 is 1.59 bits per heavy atom. The second kappa shape index (κ2) is 13.3. The molecule has 1 unspecified atom stereocenters. The zero-order chi connectivity index (χ0) is 16.8. The van der Waals surface area contributed by atoms with Crippen LogP contribution in [-0.4, -0.2) is 38.9 Å². The van der Waals surface area contributed by atoms with Crippen molar-refractivity contribution < 1.29 is 23.8 Å². The van der Waals surface area contributed by atoms with E-state index in [0.717, 1.165) is 25.0 Å². The first kappa shape index (κ1) is 20.6. The molecule has 0 aliphatic carbocycles. The first-order valence-corrected chi connectivity index (χ1v) is 7.89. The van der Waals surface area contributed by atoms with Crippen LogP contribution in [-0.2, 0) is 23.8 Å². The van der Waals surface area contributed by atoms with Gasteiger partial charge in [0.15, 0.2) is 0 Å². The summed E-state index contributed by atoms with van der Waals surface area (Å²) in [5, 5.41) is 0. The molecule has 0 aliphatic rings. The van der Waals surface area contributed by atoms with E-state index in [9.17, 15) is 9.59 Å². The molecule has 22 heavy (non-hydrogen) atoms. The fourth-order valence-corrected chi connectivity index (χ4v) is 1.66. The monoisotopic (exact) mass is 314 g/mol. The topological polar surface area (TPSA) is 61.8 Å². The van der Waals surface area contributed by atoms with Gasteiger partial charge in [0.25, 0.3) is 0 Å². The molecule has 0 aromatic heterocycles. The van der Waals surface area contributed by atoms with Crippen LogP contribution >= 0.6 is 0 Å². The molecule has 0 radical (unpaired) electrons. The number of ether oxygens (including phenoxy) is 3. The number of carbonyl (C=O) groups excluding carboxylic acids is 2. The van der Waals surface area contributed by atoms with Crippen molar-refractivity contribution in [1.82, 2.24) is 0 Å². The van der Waals surface area contributed by atoms with Crippen LogP contribution in [0.3, 0.4) is 0 Å². The number of methoxy groups -OCH3 is 1. The average molecular weight is 314 g/mol. The molecule has 0 rings (SSSR count). The summed E-state index contributed by atoms with van der Waals surface area (Å²) < 4.78 is 15.2. The van der Waals surface area contributed by atoms with Gasteiger partial charge in [0, 0.05) is 26.6 Å². The van der Waals surface area contributed by atoms with E-state index in [1.54, 1.807) is 7.11 Å². The summed E-state index contributed by atoms with van der Waals surface area (Å²) in [5.74, 6) is -0.0627. The maximum Gasteiger partial charge on any atom is 0.306 e. The molecular formula is C17H30O5. The predicted molar refractivity (Wildman–Crippen MR) is 85.5 cm³/mol. The van der Waals surface area contributed by atoms with Gasteiger partial charge in [-0.25, -0.2) is 0 Å². The molecule has 1 atom stereocenters. The summed E-state index contributed by atoms with van der Waals surface area (Å²) in [6.45, 7) is 7.44. The number of esters is 2. The lowest BCUT2D eigenvalue weighted by atomic mass is 10.1. The maximum absolute atomic E-state index is 11.5. The highest BCUT2D eigenvalue weighted by Crippen LogP contribution is 2.08. The Bertz CT molecular complexity index is 345. The lowest BCUT2D eigenvalue weighted by molar-refractivity contribution is -0.145. The van der Waals surface area contributed by atoms with Crippen LogP contribution in [0.2, 0.25) is 0 Å². The van der Waals surface area contributed by atoms with Gasteiger partial charge < -0.3 is 14.2 Å². The van der Waals surface area contributed by atoms with E-state index in [-0.39, 0.29) is 24.8 Å². The molecule has 0 aromatic rings. The molecule has 0 fully saturated rings. The van der Waals surface area contributed by atoms with Gasteiger partial charge >= 0.3 is 11.9 Å². The molecule has 0 saturated carbocycles. The highest BCUT2D eigenvalue weighted by atomic mass is 16.5. The Morgan fingerprint density at radius 3 is 2.18 bits per heavy atom. The van der Waals surface area contributed by atoms with E-state index in [0.29, 0.717) is 25.6 Å². The Hall–Kier alpha value is -1.36. The molecule has 0 aliphatic heterocycles. The smallest absolute Gasteiger partial charge is 0.306 e. The molecule has 0 amide bonds. The Morgan fingerprint density at radius 1 is 1.00 bits per heavy atom. The number of allylic oxidation sites excluding steroid dienone is 1. The maximum atomic E-state index is 11.5. The van der Waals surface area contributed by atoms with Crippen molar-refractivity contribution in [3.63, 3.8) is 0 Å². The largest absolute Gasteiger partial charge is 0.466 e. The Labute approximate surface area is 134 Å². The fraction of sp³-hybridized carbons (Fsp3) is 0.765. The molecule has 0 aromatic carbocycles. The summed E-state index contributed by atoms with van der Waals surface area (Å²) in [5.41, 5.74) is 1.11. The van der Waals surface area contributed by atoms with Crippen LogP contribution in [0, 0.1) is 5.92 Å². The van der Waals surface area contributed by atoms with Crippen LogP contribution < -0.4 is 0 Å². The summed E-state index contributed by atoms with van der Waals surface area (Å²) in [4.78, 5) is 22.9. The summed E-state index contributed by atoms with van der Waals surface area (Å²) in [7, 11) is 1.68. The minimum absolute atomic E-state index is 0.246. The van der Waals surface area contributed by atoms with Gasteiger partial charge in [-0.05, 0) is 45.1 Å². The molecular weight excluding hydrogens is 284 g/mol. The van der Waals surface area contributed by atoms with Gasteiger partial charge in [-0.1, -0.05) is 12.5 Å². The van der Waals surface area contributed by atoms with E-state index >= 15 is 0 Å². The molecule has 5 heteroatoms. The molecule has 0 heterocycles. The van der Waals surface area contributed by atoms with Crippen molar-refractivity contribution in [1.29, 1.82) is 0 Å². The van der Waals surface area contributed by atoms with E-state index < -0.39 is 0 Å². The highest BCUT2D eigenvalue weighted by Gasteiger charge is 2.08. The van der Waals surface area contributed by atoms with E-state index in [1.807, 2.05) is 19.9 Å². The van der Waals surface area contributed by atoms with Gasteiger partial charge in [0.2, 0.25) is 0 Å². The highest BCUT2D eigenvalue weighted by molar-refractivity contribution is 5.72. The first-order valence-electron chi connectivity index (χ1n) is 7.89. The van der Waals surface area contributed by atoms with Crippen LogP contribution in [0.5, 0.6) is 0 Å². The second-order valence-corrected chi connectivity index (χ2v) is 5.71. The van der Waals surface area contributed by atoms with Crippen LogP contribution in [0.25, 0.3) is 0 Å². The number of carbonyl (C=O) groups is 2. The number of hydrogen-bond acceptors (Lipinski definition) is 5. The Balaban J connectivity index is 3.57. The van der Waals surface area contributed by atoms with Crippen LogP contribution in [0.1, 0.15) is 52.9 Å². The van der Waals surface area contributed by atoms with Gasteiger partial charge in [0.1, 0.15) is 6.61 Å². The van der Waals surface area contributed by atoms with Crippen molar-refractivity contribution in [3.05, 3.63) is 11.6 Å². The molecule has 128 valence electrons. The third-order valence-corrected chi connectivity index (χ3v) is 3.19. The van der Waals surface area contributed by atoms with Gasteiger partial charge in [-0.2, -0.15) is 0 Å². The van der Waals surface area contributed by atoms with Crippen molar-refractivity contribution >= 4 is 11.9 Å². The molecule has 0 N–H and O–H groups in total. The number of rotatable bonds is 12. The molecule has 0 saturated heterocycles. The van der Waals surface area contributed by atoms with E-state index in [1.165, 1.54) is 0 Å². The SMILES string of the molecule is COCCC(C)CCOC(=O)CCCC(=O)OCC=C(C)C. The van der Waals surface area contributed by atoms with Crippen molar-refractivity contribution in [3.8, 4) is 0 Å². The van der Waals surface area contributed by atoms with Gasteiger partial charge in [-0.15, -0.1) is 0 Å². The third-order valence-electron chi connectivity index (χ3n) is 3.19. The minimum atomic E-state index is -0.279. The lowest BCUT2D eigenvalue weighted by Crippen LogP contribution is -2.11. The van der Waals surface area contributed by atoms with Crippen molar-refractivity contribution in [2.45, 2.75) is 52.9 Å². The molecule has 0 bridgehead atoms. The molecule has 0 spiro atoms.